The monoisotopic (exact) mass is 375 g/mol. The largest absolute Gasteiger partial charge is 0.318 e. The van der Waals surface area contributed by atoms with Crippen LogP contribution in [-0.4, -0.2) is 44.5 Å². The fourth-order valence-electron chi connectivity index (χ4n) is 4.05. The van der Waals surface area contributed by atoms with E-state index in [0.717, 1.165) is 16.2 Å². The predicted molar refractivity (Wildman–Crippen MR) is 96.1 cm³/mol. The first-order valence-corrected chi connectivity index (χ1v) is 10.4. The smallest absolute Gasteiger partial charge is 0.282 e. The molecule has 7 heteroatoms. The molecule has 2 aromatic rings. The number of benzene rings is 2. The maximum absolute atomic E-state index is 13.1. The first-order chi connectivity index (χ1) is 12.4. The standard InChI is InChI=1S/C19H19FN2O3S/c20-15-8-6-14(7-9-15)10-21-11-19(23)22(16-4-2-1-3-5-16)18-13-26(24,25)12-17(18)21/h1-9,17-18H,10-13H2/p+1/t17-,18+/m1/s1. The summed E-state index contributed by atoms with van der Waals surface area (Å²) in [5.41, 5.74) is 1.64. The molecule has 0 aromatic heterocycles. The Morgan fingerprint density at radius 1 is 1.04 bits per heavy atom. The van der Waals surface area contributed by atoms with E-state index in [4.69, 9.17) is 0 Å². The number of nitrogens with zero attached hydrogens (tertiary/aromatic N) is 1. The number of sulfone groups is 1. The maximum atomic E-state index is 13.1. The molecule has 1 N–H and O–H groups in total. The summed E-state index contributed by atoms with van der Waals surface area (Å²) in [7, 11) is -3.20. The Morgan fingerprint density at radius 2 is 1.73 bits per heavy atom. The van der Waals surface area contributed by atoms with Crippen molar-refractivity contribution in [1.82, 2.24) is 0 Å². The molecule has 4 rings (SSSR count). The third-order valence-electron chi connectivity index (χ3n) is 5.20. The van der Waals surface area contributed by atoms with Gasteiger partial charge in [-0.3, -0.25) is 9.69 Å². The maximum Gasteiger partial charge on any atom is 0.282 e. The molecule has 0 spiro atoms. The first kappa shape index (κ1) is 17.2. The highest BCUT2D eigenvalue weighted by Crippen LogP contribution is 2.26. The van der Waals surface area contributed by atoms with Gasteiger partial charge in [-0.15, -0.1) is 0 Å². The zero-order valence-electron chi connectivity index (χ0n) is 14.1. The summed E-state index contributed by atoms with van der Waals surface area (Å²) in [6.07, 6.45) is 0. The second kappa shape index (κ2) is 6.48. The molecule has 0 saturated carbocycles. The van der Waals surface area contributed by atoms with Gasteiger partial charge < -0.3 is 4.90 Å². The average molecular weight is 375 g/mol. The van der Waals surface area contributed by atoms with Crippen LogP contribution in [0.25, 0.3) is 0 Å². The molecule has 0 bridgehead atoms. The molecular formula is C19H20FN2O3S+. The molecule has 3 atom stereocenters. The van der Waals surface area contributed by atoms with Crippen molar-refractivity contribution in [3.63, 3.8) is 0 Å². The Labute approximate surface area is 152 Å². The van der Waals surface area contributed by atoms with Crippen LogP contribution in [0.1, 0.15) is 5.56 Å². The van der Waals surface area contributed by atoms with Crippen LogP contribution < -0.4 is 9.80 Å². The number of piperazine rings is 1. The second-order valence-corrected chi connectivity index (χ2v) is 9.14. The topological polar surface area (TPSA) is 58.9 Å². The van der Waals surface area contributed by atoms with Gasteiger partial charge in [0.05, 0.1) is 5.75 Å². The summed E-state index contributed by atoms with van der Waals surface area (Å²) in [5, 5.41) is 0. The van der Waals surface area contributed by atoms with Crippen LogP contribution in [0.4, 0.5) is 10.1 Å². The van der Waals surface area contributed by atoms with Gasteiger partial charge in [-0.1, -0.05) is 30.3 Å². The van der Waals surface area contributed by atoms with E-state index in [2.05, 4.69) is 0 Å². The first-order valence-electron chi connectivity index (χ1n) is 8.59. The predicted octanol–water partition coefficient (Wildman–Crippen LogP) is 0.423. The fraction of sp³-hybridized carbons (Fsp3) is 0.316. The van der Waals surface area contributed by atoms with E-state index >= 15 is 0 Å². The Bertz CT molecular complexity index is 916. The SMILES string of the molecule is O=C1C[NH+](Cc2ccc(F)cc2)[C@@H]2CS(=O)(=O)C[C@@H]2N1c1ccccc1. The van der Waals surface area contributed by atoms with Crippen molar-refractivity contribution in [1.29, 1.82) is 0 Å². The molecule has 2 aliphatic rings. The molecule has 2 aliphatic heterocycles. The molecule has 2 heterocycles. The molecule has 1 amide bonds. The summed E-state index contributed by atoms with van der Waals surface area (Å²) in [5.74, 6) is -0.322. The highest BCUT2D eigenvalue weighted by molar-refractivity contribution is 7.91. The van der Waals surface area contributed by atoms with Crippen molar-refractivity contribution in [2.45, 2.75) is 18.6 Å². The zero-order valence-corrected chi connectivity index (χ0v) is 15.0. The summed E-state index contributed by atoms with van der Waals surface area (Å²) in [6, 6.07) is 14.9. The van der Waals surface area contributed by atoms with Crippen LogP contribution in [-0.2, 0) is 21.2 Å². The van der Waals surface area contributed by atoms with Gasteiger partial charge >= 0.3 is 0 Å². The van der Waals surface area contributed by atoms with Gasteiger partial charge in [0, 0.05) is 11.3 Å². The molecule has 2 fully saturated rings. The summed E-state index contributed by atoms with van der Waals surface area (Å²) >= 11 is 0. The third kappa shape index (κ3) is 3.24. The normalized spacial score (nSPS) is 27.3. The van der Waals surface area contributed by atoms with Crippen LogP contribution in [0.5, 0.6) is 0 Å². The van der Waals surface area contributed by atoms with E-state index in [9.17, 15) is 17.6 Å². The summed E-state index contributed by atoms with van der Waals surface area (Å²) in [6.45, 7) is 0.730. The minimum atomic E-state index is -3.20. The van der Waals surface area contributed by atoms with Crippen molar-refractivity contribution >= 4 is 21.4 Å². The van der Waals surface area contributed by atoms with Gasteiger partial charge in [0.2, 0.25) is 0 Å². The number of fused-ring (bicyclic) bond motifs is 1. The number of carbonyl (C=O) groups excluding carboxylic acids is 1. The van der Waals surface area contributed by atoms with Gasteiger partial charge in [0.1, 0.15) is 30.2 Å². The number of para-hydroxylation sites is 1. The van der Waals surface area contributed by atoms with Gasteiger partial charge in [0.25, 0.3) is 5.91 Å². The van der Waals surface area contributed by atoms with E-state index in [-0.39, 0.29) is 41.9 Å². The summed E-state index contributed by atoms with van der Waals surface area (Å²) in [4.78, 5) is 15.4. The van der Waals surface area contributed by atoms with Crippen molar-refractivity contribution in [3.8, 4) is 0 Å². The van der Waals surface area contributed by atoms with Crippen molar-refractivity contribution in [3.05, 3.63) is 66.0 Å². The molecule has 1 unspecified atom stereocenters. The third-order valence-corrected chi connectivity index (χ3v) is 6.92. The molecular weight excluding hydrogens is 355 g/mol. The van der Waals surface area contributed by atoms with Crippen LogP contribution in [0, 0.1) is 5.82 Å². The Kier molecular flexibility index (Phi) is 4.28. The van der Waals surface area contributed by atoms with Gasteiger partial charge in [0.15, 0.2) is 16.4 Å². The lowest BCUT2D eigenvalue weighted by Crippen LogP contribution is -3.19. The number of hydrogen-bond acceptors (Lipinski definition) is 3. The number of rotatable bonds is 3. The lowest BCUT2D eigenvalue weighted by Gasteiger charge is -2.40. The van der Waals surface area contributed by atoms with Crippen molar-refractivity contribution < 1.29 is 22.5 Å². The van der Waals surface area contributed by atoms with Crippen LogP contribution >= 0.6 is 0 Å². The van der Waals surface area contributed by atoms with E-state index in [1.165, 1.54) is 12.1 Å². The molecule has 2 aromatic carbocycles. The molecule has 136 valence electrons. The molecule has 5 nitrogen and oxygen atoms in total. The molecule has 0 radical (unpaired) electrons. The number of carbonyl (C=O) groups is 1. The van der Waals surface area contributed by atoms with Crippen molar-refractivity contribution in [2.24, 2.45) is 0 Å². The average Bonchev–Trinajstić information content (AvgIpc) is 2.93. The van der Waals surface area contributed by atoms with Gasteiger partial charge in [-0.2, -0.15) is 0 Å². The van der Waals surface area contributed by atoms with E-state index < -0.39 is 9.84 Å². The number of quaternary nitrogens is 1. The lowest BCUT2D eigenvalue weighted by atomic mass is 10.0. The fourth-order valence-corrected chi connectivity index (χ4v) is 6.09. The van der Waals surface area contributed by atoms with Crippen LogP contribution in [0.2, 0.25) is 0 Å². The molecule has 2 saturated heterocycles. The zero-order chi connectivity index (χ0) is 18.3. The van der Waals surface area contributed by atoms with E-state index in [1.54, 1.807) is 17.0 Å². The Balaban J connectivity index is 1.65. The number of anilines is 1. The minimum Gasteiger partial charge on any atom is -0.318 e. The van der Waals surface area contributed by atoms with Crippen LogP contribution in [0.15, 0.2) is 54.6 Å². The summed E-state index contributed by atoms with van der Waals surface area (Å²) < 4.78 is 37.8. The number of halogens is 1. The number of hydrogen-bond donors (Lipinski definition) is 1. The Morgan fingerprint density at radius 3 is 2.42 bits per heavy atom. The molecule has 0 aliphatic carbocycles. The highest BCUT2D eigenvalue weighted by Gasteiger charge is 2.52. The minimum absolute atomic E-state index is 0.00871. The highest BCUT2D eigenvalue weighted by atomic mass is 32.2. The van der Waals surface area contributed by atoms with Crippen LogP contribution in [0.3, 0.4) is 0 Å². The quantitative estimate of drug-likeness (QED) is 0.846. The van der Waals surface area contributed by atoms with Crippen molar-refractivity contribution in [2.75, 3.05) is 23.0 Å². The van der Waals surface area contributed by atoms with Gasteiger partial charge in [-0.05, 0) is 24.3 Å². The van der Waals surface area contributed by atoms with Gasteiger partial charge in [-0.25, -0.2) is 12.8 Å². The number of nitrogens with one attached hydrogen (secondary N) is 1. The Hall–Kier alpha value is -2.25. The lowest BCUT2D eigenvalue weighted by molar-refractivity contribution is -0.931. The van der Waals surface area contributed by atoms with E-state index in [1.807, 2.05) is 30.3 Å². The second-order valence-electron chi connectivity index (χ2n) is 6.99. The molecule has 26 heavy (non-hydrogen) atoms. The number of amides is 1. The van der Waals surface area contributed by atoms with E-state index in [0.29, 0.717) is 6.54 Å².